The Hall–Kier alpha value is -0.430. The summed E-state index contributed by atoms with van der Waals surface area (Å²) in [6.45, 7) is 3.75. The van der Waals surface area contributed by atoms with Crippen molar-refractivity contribution >= 4 is 11.6 Å². The topological polar surface area (TPSA) is 9.23 Å². The van der Waals surface area contributed by atoms with Gasteiger partial charge in [-0.3, -0.25) is 0 Å². The van der Waals surface area contributed by atoms with Gasteiger partial charge in [-0.05, 0) is 19.9 Å². The first-order valence-corrected chi connectivity index (χ1v) is 3.16. The fourth-order valence-corrected chi connectivity index (χ4v) is 0.682. The predicted octanol–water partition coefficient (Wildman–Crippen LogP) is 2.68. The van der Waals surface area contributed by atoms with E-state index < -0.39 is 0 Å². The molecule has 2 heteroatoms. The van der Waals surface area contributed by atoms with E-state index in [1.165, 1.54) is 0 Å². The zero-order valence-corrected chi connectivity index (χ0v) is 6.70. The molecule has 0 heterocycles. The Morgan fingerprint density at radius 3 is 2.00 bits per heavy atom. The minimum Gasteiger partial charge on any atom is -0.496 e. The lowest BCUT2D eigenvalue weighted by atomic mass is 10.4. The third-order valence-corrected chi connectivity index (χ3v) is 1.38. The third-order valence-electron chi connectivity index (χ3n) is 0.971. The van der Waals surface area contributed by atoms with Gasteiger partial charge < -0.3 is 4.74 Å². The van der Waals surface area contributed by atoms with Crippen molar-refractivity contribution in [3.63, 3.8) is 0 Å². The molecule has 0 aliphatic carbocycles. The largest absolute Gasteiger partial charge is 0.496 e. The standard InChI is InChI=1S/C7H11ClO/c1-4-6(8)7(5-2)9-3/h4-5H,1-3H3. The van der Waals surface area contributed by atoms with Crippen LogP contribution in [0, 0.1) is 0 Å². The van der Waals surface area contributed by atoms with Crippen molar-refractivity contribution in [1.29, 1.82) is 0 Å². The lowest BCUT2D eigenvalue weighted by Crippen LogP contribution is -1.84. The third kappa shape index (κ3) is 2.56. The van der Waals surface area contributed by atoms with Gasteiger partial charge in [0.25, 0.3) is 0 Å². The van der Waals surface area contributed by atoms with Gasteiger partial charge in [0.15, 0.2) is 0 Å². The second-order valence-electron chi connectivity index (χ2n) is 1.49. The molecule has 0 unspecified atom stereocenters. The van der Waals surface area contributed by atoms with E-state index >= 15 is 0 Å². The van der Waals surface area contributed by atoms with Gasteiger partial charge in [-0.2, -0.15) is 0 Å². The highest BCUT2D eigenvalue weighted by Gasteiger charge is 1.95. The second kappa shape index (κ2) is 4.45. The van der Waals surface area contributed by atoms with Crippen molar-refractivity contribution in [2.45, 2.75) is 13.8 Å². The van der Waals surface area contributed by atoms with Gasteiger partial charge in [0.1, 0.15) is 5.76 Å². The molecule has 0 aliphatic heterocycles. The number of hydrogen-bond donors (Lipinski definition) is 0. The van der Waals surface area contributed by atoms with Crippen molar-refractivity contribution in [3.8, 4) is 0 Å². The summed E-state index contributed by atoms with van der Waals surface area (Å²) in [5.41, 5.74) is 0. The zero-order chi connectivity index (χ0) is 7.28. The first kappa shape index (κ1) is 8.57. The van der Waals surface area contributed by atoms with Crippen LogP contribution in [0.3, 0.4) is 0 Å². The Labute approximate surface area is 61.0 Å². The van der Waals surface area contributed by atoms with E-state index in [2.05, 4.69) is 0 Å². The quantitative estimate of drug-likeness (QED) is 0.430. The van der Waals surface area contributed by atoms with Crippen molar-refractivity contribution in [1.82, 2.24) is 0 Å². The van der Waals surface area contributed by atoms with Crippen molar-refractivity contribution in [2.24, 2.45) is 0 Å². The normalized spacial score (nSPS) is 13.8. The summed E-state index contributed by atoms with van der Waals surface area (Å²) in [5.74, 6) is 0.721. The molecule has 0 aromatic carbocycles. The van der Waals surface area contributed by atoms with Gasteiger partial charge in [0.2, 0.25) is 0 Å². The van der Waals surface area contributed by atoms with E-state index in [-0.39, 0.29) is 0 Å². The van der Waals surface area contributed by atoms with Gasteiger partial charge in [-0.25, -0.2) is 0 Å². The minimum absolute atomic E-state index is 0.653. The van der Waals surface area contributed by atoms with Crippen LogP contribution in [-0.2, 0) is 4.74 Å². The number of ether oxygens (including phenoxy) is 1. The Morgan fingerprint density at radius 1 is 1.33 bits per heavy atom. The number of allylic oxidation sites excluding steroid dienone is 3. The Kier molecular flexibility index (Phi) is 4.24. The van der Waals surface area contributed by atoms with E-state index in [0.717, 1.165) is 5.76 Å². The Bertz CT molecular complexity index is 136. The maximum absolute atomic E-state index is 5.70. The fourth-order valence-electron chi connectivity index (χ4n) is 0.495. The first-order valence-electron chi connectivity index (χ1n) is 2.78. The van der Waals surface area contributed by atoms with Crippen LogP contribution in [-0.4, -0.2) is 7.11 Å². The second-order valence-corrected chi connectivity index (χ2v) is 1.90. The van der Waals surface area contributed by atoms with Crippen LogP contribution in [0.15, 0.2) is 22.9 Å². The van der Waals surface area contributed by atoms with Gasteiger partial charge in [0, 0.05) is 0 Å². The molecular weight excluding hydrogens is 136 g/mol. The molecule has 9 heavy (non-hydrogen) atoms. The summed E-state index contributed by atoms with van der Waals surface area (Å²) in [5, 5.41) is 0.653. The van der Waals surface area contributed by atoms with Crippen molar-refractivity contribution in [3.05, 3.63) is 22.9 Å². The lowest BCUT2D eigenvalue weighted by molar-refractivity contribution is 0.304. The molecule has 0 aliphatic rings. The van der Waals surface area contributed by atoms with Crippen molar-refractivity contribution < 1.29 is 4.74 Å². The highest BCUT2D eigenvalue weighted by molar-refractivity contribution is 6.31. The molecule has 52 valence electrons. The number of hydrogen-bond acceptors (Lipinski definition) is 1. The Morgan fingerprint density at radius 2 is 1.89 bits per heavy atom. The fraction of sp³-hybridized carbons (Fsp3) is 0.429. The summed E-state index contributed by atoms with van der Waals surface area (Å²) in [7, 11) is 1.60. The summed E-state index contributed by atoms with van der Waals surface area (Å²) < 4.78 is 4.91. The zero-order valence-electron chi connectivity index (χ0n) is 5.94. The maximum Gasteiger partial charge on any atom is 0.132 e. The molecule has 0 radical (unpaired) electrons. The van der Waals surface area contributed by atoms with Crippen LogP contribution >= 0.6 is 11.6 Å². The predicted molar refractivity (Wildman–Crippen MR) is 40.4 cm³/mol. The minimum atomic E-state index is 0.653. The van der Waals surface area contributed by atoms with Crippen LogP contribution in [0.4, 0.5) is 0 Å². The maximum atomic E-state index is 5.70. The molecule has 0 spiro atoms. The monoisotopic (exact) mass is 146 g/mol. The SMILES string of the molecule is CC=C(Cl)C(=CC)OC. The number of rotatable bonds is 2. The molecule has 0 N–H and O–H groups in total. The molecule has 0 amide bonds. The van der Waals surface area contributed by atoms with E-state index in [1.54, 1.807) is 13.2 Å². The molecule has 0 fully saturated rings. The summed E-state index contributed by atoms with van der Waals surface area (Å²) in [4.78, 5) is 0. The average molecular weight is 147 g/mol. The van der Waals surface area contributed by atoms with Crippen LogP contribution in [0.1, 0.15) is 13.8 Å². The molecule has 0 saturated heterocycles. The van der Waals surface area contributed by atoms with Crippen LogP contribution in [0.5, 0.6) is 0 Å². The highest BCUT2D eigenvalue weighted by Crippen LogP contribution is 2.13. The molecule has 1 nitrogen and oxygen atoms in total. The summed E-state index contributed by atoms with van der Waals surface area (Å²) in [6.07, 6.45) is 3.61. The lowest BCUT2D eigenvalue weighted by Gasteiger charge is -2.00. The number of halogens is 1. The van der Waals surface area contributed by atoms with Crippen molar-refractivity contribution in [2.75, 3.05) is 7.11 Å². The molecular formula is C7H11ClO. The molecule has 0 aromatic heterocycles. The van der Waals surface area contributed by atoms with E-state index in [4.69, 9.17) is 16.3 Å². The highest BCUT2D eigenvalue weighted by atomic mass is 35.5. The van der Waals surface area contributed by atoms with Gasteiger partial charge in [-0.1, -0.05) is 17.7 Å². The van der Waals surface area contributed by atoms with Crippen LogP contribution in [0.2, 0.25) is 0 Å². The molecule has 0 aromatic rings. The summed E-state index contributed by atoms with van der Waals surface area (Å²) >= 11 is 5.70. The molecule has 0 rings (SSSR count). The van der Waals surface area contributed by atoms with E-state index in [1.807, 2.05) is 19.9 Å². The smallest absolute Gasteiger partial charge is 0.132 e. The molecule has 0 atom stereocenters. The van der Waals surface area contributed by atoms with Crippen LogP contribution in [0.25, 0.3) is 0 Å². The van der Waals surface area contributed by atoms with Gasteiger partial charge in [0.05, 0.1) is 12.1 Å². The average Bonchev–Trinajstić information content (AvgIpc) is 1.90. The van der Waals surface area contributed by atoms with E-state index in [9.17, 15) is 0 Å². The first-order chi connectivity index (χ1) is 4.26. The summed E-state index contributed by atoms with van der Waals surface area (Å²) in [6, 6.07) is 0. The molecule has 0 saturated carbocycles. The van der Waals surface area contributed by atoms with Crippen LogP contribution < -0.4 is 0 Å². The van der Waals surface area contributed by atoms with E-state index in [0.29, 0.717) is 5.03 Å². The Balaban J connectivity index is 4.14. The van der Waals surface area contributed by atoms with Gasteiger partial charge in [-0.15, -0.1) is 0 Å². The molecule has 0 bridgehead atoms. The van der Waals surface area contributed by atoms with Gasteiger partial charge >= 0.3 is 0 Å². The number of methoxy groups -OCH3 is 1.